The van der Waals surface area contributed by atoms with Gasteiger partial charge in [-0.15, -0.1) is 0 Å². The summed E-state index contributed by atoms with van der Waals surface area (Å²) < 4.78 is 0. The van der Waals surface area contributed by atoms with Crippen LogP contribution in [0, 0.1) is 19.8 Å². The number of carbonyl (C=O) groups excluding carboxylic acids is 1. The van der Waals surface area contributed by atoms with Crippen LogP contribution in [0.25, 0.3) is 0 Å². The lowest BCUT2D eigenvalue weighted by Crippen LogP contribution is -2.64. The summed E-state index contributed by atoms with van der Waals surface area (Å²) in [5, 5.41) is 5.96. The van der Waals surface area contributed by atoms with Gasteiger partial charge in [0.1, 0.15) is 0 Å². The summed E-state index contributed by atoms with van der Waals surface area (Å²) in [4.78, 5) is 19.3. The molecule has 1 saturated carbocycles. The van der Waals surface area contributed by atoms with Crippen LogP contribution in [0.15, 0.2) is 17.1 Å². The van der Waals surface area contributed by atoms with E-state index in [-0.39, 0.29) is 11.5 Å². The summed E-state index contributed by atoms with van der Waals surface area (Å²) in [6, 6.07) is 4.25. The summed E-state index contributed by atoms with van der Waals surface area (Å²) in [5.74, 6) is 0.587. The predicted octanol–water partition coefficient (Wildman–Crippen LogP) is 3.57. The highest BCUT2D eigenvalue weighted by atomic mass is 32.1. The molecule has 1 heterocycles. The Bertz CT molecular complexity index is 722. The molecule has 0 aromatic heterocycles. The van der Waals surface area contributed by atoms with Gasteiger partial charge < -0.3 is 10.2 Å². The third kappa shape index (κ3) is 3.69. The number of aryl methyl sites for hydroxylation is 1. The van der Waals surface area contributed by atoms with Crippen molar-refractivity contribution in [3.63, 3.8) is 0 Å². The topological polar surface area (TPSA) is 44.7 Å². The summed E-state index contributed by atoms with van der Waals surface area (Å²) in [6.07, 6.45) is 4.12. The van der Waals surface area contributed by atoms with Crippen molar-refractivity contribution in [2.24, 2.45) is 10.9 Å². The number of hydrogen-bond donors (Lipinski definition) is 1. The van der Waals surface area contributed by atoms with Crippen LogP contribution in [-0.2, 0) is 11.2 Å². The standard InChI is InChI=1S/C20H27N3OS/c1-14-9-17(15(2)18(10-14)22-13-25)11-20(3)12-21-7-8-23(20)19(24)16-5-4-6-16/h9-10,16,21H,4-8,11-12H2,1-3H3/t20-/m0/s1. The zero-order valence-corrected chi connectivity index (χ0v) is 16.2. The van der Waals surface area contributed by atoms with Crippen molar-refractivity contribution in [3.05, 3.63) is 28.8 Å². The molecule has 1 atom stereocenters. The third-order valence-corrected chi connectivity index (χ3v) is 5.85. The zero-order valence-electron chi connectivity index (χ0n) is 15.4. The number of nitrogens with one attached hydrogen (secondary N) is 1. The predicted molar refractivity (Wildman–Crippen MR) is 105 cm³/mol. The van der Waals surface area contributed by atoms with Gasteiger partial charge >= 0.3 is 0 Å². The number of piperazine rings is 1. The fourth-order valence-electron chi connectivity index (χ4n) is 4.00. The van der Waals surface area contributed by atoms with Gasteiger partial charge in [0.2, 0.25) is 5.91 Å². The fraction of sp³-hybridized carbons (Fsp3) is 0.600. The number of benzene rings is 1. The number of aliphatic imine (C=N–C) groups is 1. The second kappa shape index (κ2) is 7.36. The van der Waals surface area contributed by atoms with E-state index in [0.717, 1.165) is 55.7 Å². The van der Waals surface area contributed by atoms with E-state index in [4.69, 9.17) is 12.2 Å². The van der Waals surface area contributed by atoms with Gasteiger partial charge in [-0.05, 0) is 75.0 Å². The average Bonchev–Trinajstić information content (AvgIpc) is 2.50. The van der Waals surface area contributed by atoms with Gasteiger partial charge in [0.05, 0.1) is 16.4 Å². The van der Waals surface area contributed by atoms with E-state index in [1.165, 1.54) is 12.0 Å². The Kier molecular flexibility index (Phi) is 5.38. The van der Waals surface area contributed by atoms with Crippen LogP contribution in [0.5, 0.6) is 0 Å². The molecule has 3 rings (SSSR count). The number of amides is 1. The average molecular weight is 358 g/mol. The maximum absolute atomic E-state index is 13.0. The first-order valence-electron chi connectivity index (χ1n) is 9.15. The summed E-state index contributed by atoms with van der Waals surface area (Å²) >= 11 is 4.79. The van der Waals surface area contributed by atoms with Crippen molar-refractivity contribution in [3.8, 4) is 0 Å². The highest BCUT2D eigenvalue weighted by Gasteiger charge is 2.41. The van der Waals surface area contributed by atoms with E-state index in [0.29, 0.717) is 5.91 Å². The van der Waals surface area contributed by atoms with E-state index in [1.54, 1.807) is 0 Å². The molecule has 1 saturated heterocycles. The molecular weight excluding hydrogens is 330 g/mol. The molecule has 1 aromatic rings. The molecule has 5 heteroatoms. The van der Waals surface area contributed by atoms with Crippen LogP contribution >= 0.6 is 12.2 Å². The Morgan fingerprint density at radius 2 is 2.20 bits per heavy atom. The quantitative estimate of drug-likeness (QED) is 0.662. The van der Waals surface area contributed by atoms with Gasteiger partial charge in [0.25, 0.3) is 0 Å². The molecule has 0 bridgehead atoms. The summed E-state index contributed by atoms with van der Waals surface area (Å²) in [6.45, 7) is 8.86. The second-order valence-electron chi connectivity index (χ2n) is 7.74. The smallest absolute Gasteiger partial charge is 0.226 e. The molecule has 1 aromatic carbocycles. The van der Waals surface area contributed by atoms with Gasteiger partial charge in [-0.3, -0.25) is 4.79 Å². The zero-order chi connectivity index (χ0) is 18.0. The Morgan fingerprint density at radius 3 is 2.84 bits per heavy atom. The molecular formula is C20H27N3OS. The molecule has 0 unspecified atom stereocenters. The van der Waals surface area contributed by atoms with Crippen molar-refractivity contribution >= 4 is 29.0 Å². The number of hydrogen-bond acceptors (Lipinski definition) is 4. The van der Waals surface area contributed by atoms with Gasteiger partial charge in [-0.2, -0.15) is 4.99 Å². The van der Waals surface area contributed by atoms with E-state index in [1.807, 2.05) is 6.07 Å². The first-order chi connectivity index (χ1) is 11.9. The number of rotatable bonds is 4. The normalized spacial score (nSPS) is 23.7. The van der Waals surface area contributed by atoms with Crippen molar-refractivity contribution in [1.29, 1.82) is 0 Å². The Morgan fingerprint density at radius 1 is 1.44 bits per heavy atom. The minimum atomic E-state index is -0.206. The number of thiocarbonyl (C=S) groups is 1. The van der Waals surface area contributed by atoms with Crippen molar-refractivity contribution in [2.75, 3.05) is 19.6 Å². The Balaban J connectivity index is 1.90. The molecule has 25 heavy (non-hydrogen) atoms. The van der Waals surface area contributed by atoms with Crippen molar-refractivity contribution < 1.29 is 4.79 Å². The second-order valence-corrected chi connectivity index (χ2v) is 7.92. The Hall–Kier alpha value is -1.55. The summed E-state index contributed by atoms with van der Waals surface area (Å²) in [7, 11) is 0. The molecule has 1 amide bonds. The minimum absolute atomic E-state index is 0.206. The lowest BCUT2D eigenvalue weighted by atomic mass is 9.81. The molecule has 1 aliphatic heterocycles. The molecule has 134 valence electrons. The van der Waals surface area contributed by atoms with Crippen molar-refractivity contribution in [2.45, 2.75) is 52.0 Å². The molecule has 4 nitrogen and oxygen atoms in total. The third-order valence-electron chi connectivity index (χ3n) is 5.76. The van der Waals surface area contributed by atoms with E-state index >= 15 is 0 Å². The van der Waals surface area contributed by atoms with Crippen LogP contribution in [0.1, 0.15) is 42.9 Å². The molecule has 0 radical (unpaired) electrons. The number of nitrogens with zero attached hydrogens (tertiary/aromatic N) is 2. The fourth-order valence-corrected chi connectivity index (χ4v) is 4.09. The van der Waals surface area contributed by atoms with Gasteiger partial charge in [-0.1, -0.05) is 12.5 Å². The van der Waals surface area contributed by atoms with E-state index in [9.17, 15) is 4.79 Å². The largest absolute Gasteiger partial charge is 0.334 e. The highest BCUT2D eigenvalue weighted by molar-refractivity contribution is 7.78. The highest BCUT2D eigenvalue weighted by Crippen LogP contribution is 2.34. The van der Waals surface area contributed by atoms with Gasteiger partial charge in [-0.25, -0.2) is 0 Å². The van der Waals surface area contributed by atoms with Crippen LogP contribution in [-0.4, -0.2) is 41.1 Å². The maximum Gasteiger partial charge on any atom is 0.226 e. The molecule has 1 aliphatic carbocycles. The SMILES string of the molecule is Cc1cc(C[C@@]2(C)CNCCN2C(=O)C2CCC2)c(C)c(N=C=S)c1. The lowest BCUT2D eigenvalue weighted by Gasteiger charge is -2.48. The van der Waals surface area contributed by atoms with Crippen LogP contribution < -0.4 is 5.32 Å². The first-order valence-corrected chi connectivity index (χ1v) is 9.55. The monoisotopic (exact) mass is 357 g/mol. The molecule has 1 N–H and O–H groups in total. The van der Waals surface area contributed by atoms with Gasteiger partial charge in [0, 0.05) is 25.6 Å². The first kappa shape index (κ1) is 18.2. The molecule has 2 fully saturated rings. The van der Waals surface area contributed by atoms with E-state index in [2.05, 4.69) is 47.2 Å². The van der Waals surface area contributed by atoms with Crippen LogP contribution in [0.2, 0.25) is 0 Å². The van der Waals surface area contributed by atoms with Crippen LogP contribution in [0.3, 0.4) is 0 Å². The molecule has 0 spiro atoms. The lowest BCUT2D eigenvalue weighted by molar-refractivity contribution is -0.145. The van der Waals surface area contributed by atoms with Crippen molar-refractivity contribution in [1.82, 2.24) is 10.2 Å². The number of isothiocyanates is 1. The number of carbonyl (C=O) groups is 1. The minimum Gasteiger partial charge on any atom is -0.334 e. The summed E-state index contributed by atoms with van der Waals surface area (Å²) in [5.41, 5.74) is 4.21. The molecule has 2 aliphatic rings. The van der Waals surface area contributed by atoms with Gasteiger partial charge in [0.15, 0.2) is 0 Å². The van der Waals surface area contributed by atoms with Crippen LogP contribution in [0.4, 0.5) is 5.69 Å². The Labute approximate surface area is 155 Å². The maximum atomic E-state index is 13.0. The van der Waals surface area contributed by atoms with E-state index < -0.39 is 0 Å².